The molecule has 4 rings (SSSR count). The van der Waals surface area contributed by atoms with Gasteiger partial charge in [0.15, 0.2) is 22.1 Å². The molecule has 1 aliphatic carbocycles. The Bertz CT molecular complexity index is 817. The molecule has 2 aromatic rings. The van der Waals surface area contributed by atoms with Gasteiger partial charge >= 0.3 is 0 Å². The summed E-state index contributed by atoms with van der Waals surface area (Å²) in [5, 5.41) is 31.6. The average molecular weight is 425 g/mol. The second-order valence-electron chi connectivity index (χ2n) is 7.41. The number of nitrogens with zero attached hydrogens (tertiary/aromatic N) is 5. The van der Waals surface area contributed by atoms with Crippen LogP contribution in [0.5, 0.6) is 0 Å². The van der Waals surface area contributed by atoms with Crippen LogP contribution in [0, 0.1) is 0 Å². The fourth-order valence-electron chi connectivity index (χ4n) is 3.44. The second-order valence-corrected chi connectivity index (χ2v) is 8.47. The van der Waals surface area contributed by atoms with Crippen LogP contribution in [0.3, 0.4) is 0 Å². The zero-order chi connectivity index (χ0) is 20.2. The van der Waals surface area contributed by atoms with Gasteiger partial charge in [-0.15, -0.1) is 5.10 Å². The van der Waals surface area contributed by atoms with Gasteiger partial charge in [-0.2, -0.15) is 0 Å². The number of anilines is 1. The molecule has 3 N–H and O–H groups in total. The molecule has 2 aliphatic rings. The fourth-order valence-corrected chi connectivity index (χ4v) is 4.13. The van der Waals surface area contributed by atoms with Crippen molar-refractivity contribution in [2.75, 3.05) is 37.5 Å². The number of aliphatic hydroxyl groups is 2. The molecule has 0 aromatic carbocycles. The van der Waals surface area contributed by atoms with Gasteiger partial charge in [0.2, 0.25) is 0 Å². The normalized spacial score (nSPS) is 24.4. The number of thioether (sulfide) groups is 1. The van der Waals surface area contributed by atoms with Crippen LogP contribution in [0.2, 0.25) is 0 Å². The SMILES string of the molecule is CCCSc1nc(NC2CC2)c2nnn(C3CC(COCCO)O[C@H]3CO)c2n1. The summed E-state index contributed by atoms with van der Waals surface area (Å²) in [5.74, 6) is 1.66. The van der Waals surface area contributed by atoms with Gasteiger partial charge in [-0.05, 0) is 19.3 Å². The third-order valence-electron chi connectivity index (χ3n) is 4.99. The van der Waals surface area contributed by atoms with E-state index >= 15 is 0 Å². The van der Waals surface area contributed by atoms with E-state index < -0.39 is 6.10 Å². The molecule has 1 aliphatic heterocycles. The molecule has 0 amide bonds. The number of aromatic nitrogens is 5. The number of aliphatic hydroxyl groups excluding tert-OH is 2. The third kappa shape index (κ3) is 4.80. The Morgan fingerprint density at radius 1 is 1.31 bits per heavy atom. The Hall–Kier alpha value is -1.53. The van der Waals surface area contributed by atoms with Crippen molar-refractivity contribution in [3.63, 3.8) is 0 Å². The number of ether oxygens (including phenoxy) is 2. The lowest BCUT2D eigenvalue weighted by Crippen LogP contribution is -2.25. The molecule has 0 bridgehead atoms. The smallest absolute Gasteiger partial charge is 0.191 e. The first-order chi connectivity index (χ1) is 14.2. The molecular formula is C18H28N6O4S. The Labute approximate surface area is 173 Å². The number of fused-ring (bicyclic) bond motifs is 1. The summed E-state index contributed by atoms with van der Waals surface area (Å²) in [5.41, 5.74) is 1.31. The molecule has 3 heterocycles. The van der Waals surface area contributed by atoms with E-state index in [9.17, 15) is 5.11 Å². The summed E-state index contributed by atoms with van der Waals surface area (Å²) < 4.78 is 13.1. The maximum atomic E-state index is 9.83. The van der Waals surface area contributed by atoms with Gasteiger partial charge in [-0.3, -0.25) is 0 Å². The lowest BCUT2D eigenvalue weighted by molar-refractivity contribution is -0.0409. The topological polar surface area (TPSA) is 127 Å². The van der Waals surface area contributed by atoms with Crippen LogP contribution in [0.25, 0.3) is 11.2 Å². The Morgan fingerprint density at radius 2 is 2.17 bits per heavy atom. The summed E-state index contributed by atoms with van der Waals surface area (Å²) in [4.78, 5) is 9.39. The zero-order valence-electron chi connectivity index (χ0n) is 16.5. The van der Waals surface area contributed by atoms with Crippen LogP contribution in [-0.2, 0) is 9.47 Å². The highest BCUT2D eigenvalue weighted by atomic mass is 32.2. The van der Waals surface area contributed by atoms with Crippen molar-refractivity contribution < 1.29 is 19.7 Å². The van der Waals surface area contributed by atoms with Crippen LogP contribution in [0.4, 0.5) is 5.82 Å². The van der Waals surface area contributed by atoms with Gasteiger partial charge in [0, 0.05) is 18.2 Å². The van der Waals surface area contributed by atoms with Crippen LogP contribution in [0.1, 0.15) is 38.6 Å². The molecule has 10 nitrogen and oxygen atoms in total. The van der Waals surface area contributed by atoms with E-state index in [0.717, 1.165) is 30.8 Å². The van der Waals surface area contributed by atoms with Crippen LogP contribution in [0.15, 0.2) is 5.16 Å². The molecule has 2 unspecified atom stereocenters. The minimum Gasteiger partial charge on any atom is -0.394 e. The molecule has 11 heteroatoms. The summed E-state index contributed by atoms with van der Waals surface area (Å²) in [6.07, 6.45) is 3.34. The molecule has 3 atom stereocenters. The highest BCUT2D eigenvalue weighted by Crippen LogP contribution is 2.34. The van der Waals surface area contributed by atoms with Crippen molar-refractivity contribution in [2.45, 2.75) is 62.1 Å². The van der Waals surface area contributed by atoms with E-state index in [4.69, 9.17) is 19.6 Å². The van der Waals surface area contributed by atoms with Gasteiger partial charge < -0.3 is 25.0 Å². The Balaban J connectivity index is 1.62. The van der Waals surface area contributed by atoms with Gasteiger partial charge in [0.25, 0.3) is 0 Å². The largest absolute Gasteiger partial charge is 0.394 e. The number of hydrogen-bond acceptors (Lipinski definition) is 10. The van der Waals surface area contributed by atoms with Gasteiger partial charge in [0.1, 0.15) is 6.10 Å². The minimum absolute atomic E-state index is 0.0286. The van der Waals surface area contributed by atoms with E-state index in [1.807, 2.05) is 0 Å². The second kappa shape index (κ2) is 9.52. The molecule has 2 fully saturated rings. The highest BCUT2D eigenvalue weighted by molar-refractivity contribution is 7.99. The predicted octanol–water partition coefficient (Wildman–Crippen LogP) is 0.997. The molecular weight excluding hydrogens is 396 g/mol. The standard InChI is InChI=1S/C18H28N6O4S/c1-2-7-29-18-20-16(19-11-3-4-11)15-17(21-18)24(23-22-15)13-8-12(10-27-6-5-25)28-14(13)9-26/h11-14,25-26H,2-10H2,1H3,(H,19,20,21)/t12?,13?,14-/m0/s1. The number of rotatable bonds is 11. The van der Waals surface area contributed by atoms with Crippen molar-refractivity contribution in [1.29, 1.82) is 0 Å². The van der Waals surface area contributed by atoms with E-state index in [1.165, 1.54) is 0 Å². The molecule has 160 valence electrons. The lowest BCUT2D eigenvalue weighted by Gasteiger charge is -2.16. The van der Waals surface area contributed by atoms with E-state index in [0.29, 0.717) is 35.4 Å². The first-order valence-corrected chi connectivity index (χ1v) is 11.2. The summed E-state index contributed by atoms with van der Waals surface area (Å²) in [6.45, 7) is 2.60. The van der Waals surface area contributed by atoms with E-state index in [2.05, 4.69) is 27.5 Å². The monoisotopic (exact) mass is 424 g/mol. The molecule has 29 heavy (non-hydrogen) atoms. The molecule has 2 aromatic heterocycles. The first kappa shape index (κ1) is 20.7. The van der Waals surface area contributed by atoms with Crippen molar-refractivity contribution >= 4 is 28.7 Å². The summed E-state index contributed by atoms with van der Waals surface area (Å²) >= 11 is 1.62. The summed E-state index contributed by atoms with van der Waals surface area (Å²) in [6, 6.07) is 0.246. The fraction of sp³-hybridized carbons (Fsp3) is 0.778. The van der Waals surface area contributed by atoms with Crippen LogP contribution >= 0.6 is 11.8 Å². The number of nitrogens with one attached hydrogen (secondary N) is 1. The highest BCUT2D eigenvalue weighted by Gasteiger charge is 2.38. The van der Waals surface area contributed by atoms with Crippen molar-refractivity contribution in [3.8, 4) is 0 Å². The van der Waals surface area contributed by atoms with Crippen molar-refractivity contribution in [1.82, 2.24) is 25.0 Å². The van der Waals surface area contributed by atoms with E-state index in [-0.39, 0.29) is 32.0 Å². The number of hydrogen-bond donors (Lipinski definition) is 3. The van der Waals surface area contributed by atoms with Crippen LogP contribution in [-0.4, -0.2) is 85.6 Å². The Kier molecular flexibility index (Phi) is 6.81. The Morgan fingerprint density at radius 3 is 2.90 bits per heavy atom. The quantitative estimate of drug-likeness (QED) is 0.273. The van der Waals surface area contributed by atoms with Gasteiger partial charge in [0.05, 0.1) is 38.6 Å². The van der Waals surface area contributed by atoms with Crippen molar-refractivity contribution in [3.05, 3.63) is 0 Å². The molecule has 1 saturated carbocycles. The maximum Gasteiger partial charge on any atom is 0.191 e. The minimum atomic E-state index is -0.413. The lowest BCUT2D eigenvalue weighted by atomic mass is 10.1. The van der Waals surface area contributed by atoms with Crippen molar-refractivity contribution in [2.24, 2.45) is 0 Å². The third-order valence-corrected chi connectivity index (χ3v) is 6.04. The van der Waals surface area contributed by atoms with Gasteiger partial charge in [-0.25, -0.2) is 14.6 Å². The molecule has 0 radical (unpaired) electrons. The zero-order valence-corrected chi connectivity index (χ0v) is 17.3. The van der Waals surface area contributed by atoms with E-state index in [1.54, 1.807) is 16.4 Å². The average Bonchev–Trinajstić information content (AvgIpc) is 3.29. The van der Waals surface area contributed by atoms with Crippen LogP contribution < -0.4 is 5.32 Å². The van der Waals surface area contributed by atoms with Gasteiger partial charge in [-0.1, -0.05) is 23.9 Å². The maximum absolute atomic E-state index is 9.83. The molecule has 1 saturated heterocycles. The molecule has 0 spiro atoms. The summed E-state index contributed by atoms with van der Waals surface area (Å²) in [7, 11) is 0. The first-order valence-electron chi connectivity index (χ1n) is 10.2. The predicted molar refractivity (Wildman–Crippen MR) is 108 cm³/mol.